The average Bonchev–Trinajstić information content (AvgIpc) is 2.13. The molecule has 2 aliphatic rings. The van der Waals surface area contributed by atoms with Crippen molar-refractivity contribution in [3.63, 3.8) is 0 Å². The number of aliphatic hydroxyl groups is 1. The fraction of sp³-hybridized carbons (Fsp3) is 0.750. The van der Waals surface area contributed by atoms with Crippen LogP contribution in [0, 0.1) is 11.8 Å². The van der Waals surface area contributed by atoms with Gasteiger partial charge in [-0.15, -0.1) is 0 Å². The summed E-state index contributed by atoms with van der Waals surface area (Å²) in [6.07, 6.45) is 9.47. The third-order valence-electron chi connectivity index (χ3n) is 3.52. The lowest BCUT2D eigenvalue weighted by Crippen LogP contribution is -2.36. The predicted molar refractivity (Wildman–Crippen MR) is 54.8 cm³/mol. The Balaban J connectivity index is 2.15. The Bertz CT molecular complexity index is 245. The Hall–Kier alpha value is -0.630. The Morgan fingerprint density at radius 2 is 2.14 bits per heavy atom. The molecule has 0 heterocycles. The van der Waals surface area contributed by atoms with Gasteiger partial charge in [-0.1, -0.05) is 25.0 Å². The van der Waals surface area contributed by atoms with Crippen molar-refractivity contribution < 1.29 is 9.90 Å². The molecule has 2 heteroatoms. The number of hydrogen-bond acceptors (Lipinski definition) is 2. The van der Waals surface area contributed by atoms with Crippen molar-refractivity contribution in [3.8, 4) is 0 Å². The predicted octanol–water partition coefficient (Wildman–Crippen LogP) is 2.07. The highest BCUT2D eigenvalue weighted by Crippen LogP contribution is 2.33. The first kappa shape index (κ1) is 9.91. The van der Waals surface area contributed by atoms with Gasteiger partial charge in [0.1, 0.15) is 5.78 Å². The minimum Gasteiger partial charge on any atom is -0.388 e. The summed E-state index contributed by atoms with van der Waals surface area (Å²) in [5.41, 5.74) is 0. The number of fused-ring (bicyclic) bond motifs is 1. The average molecular weight is 194 g/mol. The van der Waals surface area contributed by atoms with E-state index < -0.39 is 6.10 Å². The third-order valence-corrected chi connectivity index (χ3v) is 3.52. The van der Waals surface area contributed by atoms with Crippen LogP contribution in [-0.4, -0.2) is 17.0 Å². The van der Waals surface area contributed by atoms with Gasteiger partial charge in [0.25, 0.3) is 0 Å². The third kappa shape index (κ3) is 1.90. The standard InChI is InChI=1S/C12H18O2/c13-10-7-3-1-2-5-9-6-4-8-11(14)12(9)10/h4,8-9,11-12,14H,1-3,5-7H2/t9-,11+,12+/m1/s1. The number of carbonyl (C=O) groups excluding carboxylic acids is 1. The van der Waals surface area contributed by atoms with Crippen molar-refractivity contribution in [1.82, 2.24) is 0 Å². The van der Waals surface area contributed by atoms with Gasteiger partial charge in [-0.25, -0.2) is 0 Å². The molecule has 0 saturated heterocycles. The van der Waals surface area contributed by atoms with Crippen LogP contribution in [0.3, 0.4) is 0 Å². The lowest BCUT2D eigenvalue weighted by molar-refractivity contribution is -0.128. The molecule has 0 aromatic carbocycles. The summed E-state index contributed by atoms with van der Waals surface area (Å²) in [5.74, 6) is 0.592. The number of hydrogen-bond donors (Lipinski definition) is 1. The van der Waals surface area contributed by atoms with Crippen LogP contribution in [0.2, 0.25) is 0 Å². The van der Waals surface area contributed by atoms with E-state index in [1.807, 2.05) is 6.08 Å². The number of rotatable bonds is 0. The van der Waals surface area contributed by atoms with Gasteiger partial charge in [-0.3, -0.25) is 4.79 Å². The van der Waals surface area contributed by atoms with Crippen LogP contribution in [0.4, 0.5) is 0 Å². The Morgan fingerprint density at radius 1 is 1.29 bits per heavy atom. The molecule has 2 aliphatic carbocycles. The van der Waals surface area contributed by atoms with Crippen molar-refractivity contribution in [3.05, 3.63) is 12.2 Å². The van der Waals surface area contributed by atoms with E-state index in [4.69, 9.17) is 0 Å². The van der Waals surface area contributed by atoms with Crippen molar-refractivity contribution in [1.29, 1.82) is 0 Å². The van der Waals surface area contributed by atoms with E-state index in [0.29, 0.717) is 12.3 Å². The molecule has 0 spiro atoms. The number of aliphatic hydroxyl groups excluding tert-OH is 1. The Kier molecular flexibility index (Phi) is 3.02. The van der Waals surface area contributed by atoms with Gasteiger partial charge in [0, 0.05) is 6.42 Å². The van der Waals surface area contributed by atoms with Gasteiger partial charge < -0.3 is 5.11 Å². The van der Waals surface area contributed by atoms with Gasteiger partial charge in [0.15, 0.2) is 0 Å². The molecule has 0 aliphatic heterocycles. The quantitative estimate of drug-likeness (QED) is 0.599. The molecule has 1 saturated carbocycles. The highest BCUT2D eigenvalue weighted by Gasteiger charge is 2.34. The van der Waals surface area contributed by atoms with Crippen LogP contribution in [0.15, 0.2) is 12.2 Å². The van der Waals surface area contributed by atoms with Crippen LogP contribution in [-0.2, 0) is 4.79 Å². The molecule has 3 atom stereocenters. The van der Waals surface area contributed by atoms with Gasteiger partial charge in [0.2, 0.25) is 0 Å². The first-order valence-electron chi connectivity index (χ1n) is 5.66. The van der Waals surface area contributed by atoms with Gasteiger partial charge in [-0.05, 0) is 25.2 Å². The smallest absolute Gasteiger partial charge is 0.139 e. The second-order valence-corrected chi connectivity index (χ2v) is 4.51. The SMILES string of the molecule is O=C1CCCCC[C@@H]2CC=C[C@H](O)[C@H]12. The minimum absolute atomic E-state index is 0.0969. The molecule has 0 amide bonds. The van der Waals surface area contributed by atoms with Gasteiger partial charge >= 0.3 is 0 Å². The second-order valence-electron chi connectivity index (χ2n) is 4.51. The molecule has 14 heavy (non-hydrogen) atoms. The zero-order valence-corrected chi connectivity index (χ0v) is 8.48. The maximum Gasteiger partial charge on any atom is 0.139 e. The van der Waals surface area contributed by atoms with Crippen LogP contribution in [0.25, 0.3) is 0 Å². The van der Waals surface area contributed by atoms with Crippen molar-refractivity contribution in [2.45, 2.75) is 44.6 Å². The molecule has 0 radical (unpaired) electrons. The van der Waals surface area contributed by atoms with E-state index in [1.54, 1.807) is 6.08 Å². The minimum atomic E-state index is -0.514. The highest BCUT2D eigenvalue weighted by molar-refractivity contribution is 5.82. The Labute approximate surface area is 85.0 Å². The van der Waals surface area contributed by atoms with E-state index >= 15 is 0 Å². The monoisotopic (exact) mass is 194 g/mol. The van der Waals surface area contributed by atoms with Crippen LogP contribution in [0.1, 0.15) is 38.5 Å². The van der Waals surface area contributed by atoms with Crippen molar-refractivity contribution in [2.75, 3.05) is 0 Å². The van der Waals surface area contributed by atoms with Crippen LogP contribution < -0.4 is 0 Å². The molecular formula is C12H18O2. The van der Waals surface area contributed by atoms with E-state index in [9.17, 15) is 9.90 Å². The lowest BCUT2D eigenvalue weighted by atomic mass is 9.73. The maximum atomic E-state index is 11.8. The normalized spacial score (nSPS) is 38.6. The molecule has 1 fully saturated rings. The molecule has 2 rings (SSSR count). The van der Waals surface area contributed by atoms with Gasteiger partial charge in [-0.2, -0.15) is 0 Å². The zero-order valence-electron chi connectivity index (χ0n) is 8.48. The van der Waals surface area contributed by atoms with E-state index in [-0.39, 0.29) is 11.7 Å². The van der Waals surface area contributed by atoms with Crippen molar-refractivity contribution >= 4 is 5.78 Å². The molecule has 2 nitrogen and oxygen atoms in total. The molecular weight excluding hydrogens is 176 g/mol. The first-order chi connectivity index (χ1) is 6.79. The summed E-state index contributed by atoms with van der Waals surface area (Å²) in [7, 11) is 0. The largest absolute Gasteiger partial charge is 0.388 e. The van der Waals surface area contributed by atoms with E-state index in [0.717, 1.165) is 19.3 Å². The molecule has 0 bridgehead atoms. The number of Topliss-reactive ketones (excluding diaryl/α,β-unsaturated/α-hetero) is 1. The molecule has 0 unspecified atom stereocenters. The highest BCUT2D eigenvalue weighted by atomic mass is 16.3. The first-order valence-corrected chi connectivity index (χ1v) is 5.66. The number of carbonyl (C=O) groups is 1. The lowest BCUT2D eigenvalue weighted by Gasteiger charge is -2.32. The zero-order chi connectivity index (χ0) is 9.97. The maximum absolute atomic E-state index is 11.8. The Morgan fingerprint density at radius 3 is 3.00 bits per heavy atom. The summed E-state index contributed by atoms with van der Waals surface area (Å²) < 4.78 is 0. The topological polar surface area (TPSA) is 37.3 Å². The molecule has 1 N–H and O–H groups in total. The number of ketones is 1. The summed E-state index contributed by atoms with van der Waals surface area (Å²) in [6, 6.07) is 0. The van der Waals surface area contributed by atoms with Crippen molar-refractivity contribution in [2.24, 2.45) is 11.8 Å². The molecule has 0 aromatic heterocycles. The van der Waals surface area contributed by atoms with Gasteiger partial charge in [0.05, 0.1) is 12.0 Å². The fourth-order valence-corrected chi connectivity index (χ4v) is 2.74. The summed E-state index contributed by atoms with van der Waals surface area (Å²) in [5, 5.41) is 9.78. The summed E-state index contributed by atoms with van der Waals surface area (Å²) in [6.45, 7) is 0. The van der Waals surface area contributed by atoms with Crippen LogP contribution in [0.5, 0.6) is 0 Å². The second kappa shape index (κ2) is 4.26. The van der Waals surface area contributed by atoms with Crippen LogP contribution >= 0.6 is 0 Å². The summed E-state index contributed by atoms with van der Waals surface area (Å²) in [4.78, 5) is 11.8. The van der Waals surface area contributed by atoms with E-state index in [1.165, 1.54) is 12.8 Å². The van der Waals surface area contributed by atoms with E-state index in [2.05, 4.69) is 0 Å². The number of allylic oxidation sites excluding steroid dienone is 1. The molecule has 0 aromatic rings. The molecule has 78 valence electrons. The summed E-state index contributed by atoms with van der Waals surface area (Å²) >= 11 is 0. The fourth-order valence-electron chi connectivity index (χ4n) is 2.74.